The van der Waals surface area contributed by atoms with Crippen LogP contribution in [0, 0.1) is 0 Å². The molecule has 2 N–H and O–H groups in total. The van der Waals surface area contributed by atoms with Gasteiger partial charge in [0.25, 0.3) is 11.8 Å². The van der Waals surface area contributed by atoms with E-state index in [0.717, 1.165) is 0 Å². The molecule has 4 aromatic carbocycles. The molecule has 0 unspecified atom stereocenters. The first-order valence-corrected chi connectivity index (χ1v) is 13.7. The zero-order chi connectivity index (χ0) is 30.0. The number of carbonyl (C=O) groups excluding carboxylic acids is 4. The summed E-state index contributed by atoms with van der Waals surface area (Å²) in [5.74, 6) is -1.59. The first-order chi connectivity index (χ1) is 21.0. The maximum absolute atomic E-state index is 14.2. The third kappa shape index (κ3) is 7.19. The highest BCUT2D eigenvalue weighted by Gasteiger charge is 2.39. The number of benzene rings is 4. The van der Waals surface area contributed by atoms with Gasteiger partial charge in [0.2, 0.25) is 0 Å². The van der Waals surface area contributed by atoms with Gasteiger partial charge in [-0.25, -0.2) is 4.90 Å². The summed E-state index contributed by atoms with van der Waals surface area (Å²) in [5.41, 5.74) is 1.27. The summed E-state index contributed by atoms with van der Waals surface area (Å²) >= 11 is 0. The average molecular weight is 572 g/mol. The highest BCUT2D eigenvalue weighted by molar-refractivity contribution is 6.07. The number of ketones is 2. The second kappa shape index (κ2) is 13.8. The summed E-state index contributed by atoms with van der Waals surface area (Å²) < 4.78 is 5.62. The highest BCUT2D eigenvalue weighted by atomic mass is 16.3. The lowest BCUT2D eigenvalue weighted by molar-refractivity contribution is 0.0411. The van der Waals surface area contributed by atoms with Crippen molar-refractivity contribution >= 4 is 23.4 Å². The minimum Gasteiger partial charge on any atom is -0.468 e. The van der Waals surface area contributed by atoms with Gasteiger partial charge in [-0.3, -0.25) is 19.2 Å². The number of nitrogens with one attached hydrogen (secondary N) is 2. The minimum absolute atomic E-state index is 0.0936. The predicted molar refractivity (Wildman–Crippen MR) is 161 cm³/mol. The van der Waals surface area contributed by atoms with Crippen LogP contribution >= 0.6 is 0 Å². The van der Waals surface area contributed by atoms with Crippen LogP contribution in [0.1, 0.15) is 47.2 Å². The Labute approximate surface area is 249 Å². The number of hydrogen-bond donors (Lipinski definition) is 2. The lowest BCUT2D eigenvalue weighted by atomic mass is 10.0. The van der Waals surface area contributed by atoms with Crippen molar-refractivity contribution in [2.24, 2.45) is 0 Å². The molecule has 0 fully saturated rings. The molecule has 214 valence electrons. The Hall–Kier alpha value is -5.60. The second-order valence-electron chi connectivity index (χ2n) is 9.70. The molecule has 0 saturated carbocycles. The molecule has 2 amide bonds. The molecule has 0 bridgehead atoms. The zero-order valence-electron chi connectivity index (χ0n) is 23.1. The minimum atomic E-state index is -1.38. The standard InChI is InChI=1S/C35H29N3O5/c39-30(25-14-5-1-6-15-25)32(36-34(41)27-18-9-3-10-19-27)38(24-29-22-13-23-43-29)33(31(40)26-16-7-2-8-17-26)37-35(42)28-20-11-4-12-21-28/h1-23,32-33H,24H2,(H,36,41)(H,37,42)/t32-,33-/m0/s1. The van der Waals surface area contributed by atoms with Crippen LogP contribution < -0.4 is 10.6 Å². The topological polar surface area (TPSA) is 109 Å². The van der Waals surface area contributed by atoms with Gasteiger partial charge in [-0.1, -0.05) is 97.1 Å². The molecule has 1 heterocycles. The first kappa shape index (κ1) is 28.9. The SMILES string of the molecule is O=C(N[C@H](C(=O)c1ccccc1)N(Cc1ccco1)[C@H](NC(=O)c1ccccc1)C(=O)c1ccccc1)c1ccccc1. The fourth-order valence-electron chi connectivity index (χ4n) is 4.63. The number of rotatable bonds is 12. The Kier molecular flexibility index (Phi) is 9.31. The Morgan fingerprint density at radius 2 is 0.884 bits per heavy atom. The third-order valence-corrected chi connectivity index (χ3v) is 6.80. The lowest BCUT2D eigenvalue weighted by Gasteiger charge is -2.36. The fourth-order valence-corrected chi connectivity index (χ4v) is 4.63. The molecular formula is C35H29N3O5. The molecule has 8 heteroatoms. The fraction of sp³-hybridized carbons (Fsp3) is 0.0857. The van der Waals surface area contributed by atoms with Crippen molar-refractivity contribution in [3.05, 3.63) is 168 Å². The van der Waals surface area contributed by atoms with Gasteiger partial charge in [-0.15, -0.1) is 0 Å². The van der Waals surface area contributed by atoms with E-state index in [-0.39, 0.29) is 6.54 Å². The largest absolute Gasteiger partial charge is 0.468 e. The van der Waals surface area contributed by atoms with Crippen LogP contribution in [-0.2, 0) is 6.54 Å². The van der Waals surface area contributed by atoms with Gasteiger partial charge in [0.05, 0.1) is 12.8 Å². The zero-order valence-corrected chi connectivity index (χ0v) is 23.1. The maximum atomic E-state index is 14.2. The van der Waals surface area contributed by atoms with Crippen LogP contribution in [0.15, 0.2) is 144 Å². The van der Waals surface area contributed by atoms with Gasteiger partial charge in [-0.2, -0.15) is 0 Å². The van der Waals surface area contributed by atoms with Crippen LogP contribution in [0.25, 0.3) is 0 Å². The summed E-state index contributed by atoms with van der Waals surface area (Å²) in [6.45, 7) is -0.0936. The molecule has 0 spiro atoms. The monoisotopic (exact) mass is 571 g/mol. The van der Waals surface area contributed by atoms with E-state index in [1.54, 1.807) is 133 Å². The van der Waals surface area contributed by atoms with E-state index >= 15 is 0 Å². The molecule has 0 saturated heterocycles. The average Bonchev–Trinajstić information content (AvgIpc) is 3.59. The van der Waals surface area contributed by atoms with Crippen LogP contribution in [0.3, 0.4) is 0 Å². The van der Waals surface area contributed by atoms with Gasteiger partial charge < -0.3 is 15.1 Å². The van der Waals surface area contributed by atoms with Crippen LogP contribution in [0.4, 0.5) is 0 Å². The summed E-state index contributed by atoms with van der Waals surface area (Å²) in [5, 5.41) is 5.67. The highest BCUT2D eigenvalue weighted by Crippen LogP contribution is 2.19. The Morgan fingerprint density at radius 1 is 0.512 bits per heavy atom. The van der Waals surface area contributed by atoms with Gasteiger partial charge >= 0.3 is 0 Å². The summed E-state index contributed by atoms with van der Waals surface area (Å²) in [6, 6.07) is 37.2. The van der Waals surface area contributed by atoms with Crippen molar-refractivity contribution in [3.63, 3.8) is 0 Å². The van der Waals surface area contributed by atoms with Crippen molar-refractivity contribution in [3.8, 4) is 0 Å². The predicted octanol–water partition coefficient (Wildman–Crippen LogP) is 5.36. The molecular weight excluding hydrogens is 542 g/mol. The number of Topliss-reactive ketones (excluding diaryl/α,β-unsaturated/α-hetero) is 2. The molecule has 5 rings (SSSR count). The molecule has 8 nitrogen and oxygen atoms in total. The van der Waals surface area contributed by atoms with Gasteiger partial charge in [-0.05, 0) is 36.4 Å². The Morgan fingerprint density at radius 3 is 1.23 bits per heavy atom. The van der Waals surface area contributed by atoms with Crippen LogP contribution in [0.2, 0.25) is 0 Å². The van der Waals surface area contributed by atoms with E-state index in [2.05, 4.69) is 10.6 Å². The molecule has 43 heavy (non-hydrogen) atoms. The second-order valence-corrected chi connectivity index (χ2v) is 9.70. The summed E-state index contributed by atoms with van der Waals surface area (Å²) in [4.78, 5) is 56.9. The van der Waals surface area contributed by atoms with Crippen molar-refractivity contribution in [1.82, 2.24) is 15.5 Å². The van der Waals surface area contributed by atoms with Crippen molar-refractivity contribution < 1.29 is 23.6 Å². The molecule has 1 aromatic heterocycles. The van der Waals surface area contributed by atoms with E-state index in [0.29, 0.717) is 28.0 Å². The number of nitrogens with zero attached hydrogens (tertiary/aromatic N) is 1. The number of carbonyl (C=O) groups is 4. The Balaban J connectivity index is 1.63. The molecule has 2 atom stereocenters. The summed E-state index contributed by atoms with van der Waals surface area (Å²) in [6.07, 6.45) is -1.29. The smallest absolute Gasteiger partial charge is 0.252 e. The number of hydrogen-bond acceptors (Lipinski definition) is 6. The molecule has 0 aliphatic rings. The van der Waals surface area contributed by atoms with E-state index < -0.39 is 35.7 Å². The maximum Gasteiger partial charge on any atom is 0.252 e. The normalized spacial score (nSPS) is 12.2. The van der Waals surface area contributed by atoms with Crippen molar-refractivity contribution in [2.45, 2.75) is 18.9 Å². The Bertz CT molecular complexity index is 1550. The molecule has 0 radical (unpaired) electrons. The summed E-state index contributed by atoms with van der Waals surface area (Å²) in [7, 11) is 0. The van der Waals surface area contributed by atoms with Crippen LogP contribution in [0.5, 0.6) is 0 Å². The molecule has 5 aromatic rings. The van der Waals surface area contributed by atoms with Crippen molar-refractivity contribution in [2.75, 3.05) is 0 Å². The first-order valence-electron chi connectivity index (χ1n) is 13.7. The van der Waals surface area contributed by atoms with Crippen molar-refractivity contribution in [1.29, 1.82) is 0 Å². The lowest BCUT2D eigenvalue weighted by Crippen LogP contribution is -2.62. The molecule has 0 aliphatic heterocycles. The van der Waals surface area contributed by atoms with Gasteiger partial charge in [0, 0.05) is 22.3 Å². The van der Waals surface area contributed by atoms with E-state index in [9.17, 15) is 19.2 Å². The van der Waals surface area contributed by atoms with Crippen LogP contribution in [-0.4, -0.2) is 40.6 Å². The van der Waals surface area contributed by atoms with E-state index in [1.807, 2.05) is 0 Å². The van der Waals surface area contributed by atoms with E-state index in [1.165, 1.54) is 11.2 Å². The quantitative estimate of drug-likeness (QED) is 0.154. The van der Waals surface area contributed by atoms with E-state index in [4.69, 9.17) is 4.42 Å². The third-order valence-electron chi connectivity index (χ3n) is 6.80. The van der Waals surface area contributed by atoms with Gasteiger partial charge in [0.15, 0.2) is 11.6 Å². The molecule has 0 aliphatic carbocycles. The van der Waals surface area contributed by atoms with Gasteiger partial charge in [0.1, 0.15) is 18.1 Å². The number of amides is 2. The number of furan rings is 1.